The van der Waals surface area contributed by atoms with Gasteiger partial charge in [0.1, 0.15) is 6.04 Å². The van der Waals surface area contributed by atoms with Gasteiger partial charge in [0, 0.05) is 20.0 Å². The van der Waals surface area contributed by atoms with Crippen molar-refractivity contribution in [3.63, 3.8) is 0 Å². The van der Waals surface area contributed by atoms with E-state index in [9.17, 15) is 9.59 Å². The molecule has 1 aromatic rings. The molecule has 0 aliphatic rings. The molecule has 6 nitrogen and oxygen atoms in total. The minimum atomic E-state index is -0.525. The first-order valence-electron chi connectivity index (χ1n) is 10.3. The number of carbonyl (C=O) groups excluding carboxylic acids is 2. The van der Waals surface area contributed by atoms with Crippen LogP contribution in [0.15, 0.2) is 18.2 Å². The van der Waals surface area contributed by atoms with Gasteiger partial charge < -0.3 is 19.7 Å². The maximum absolute atomic E-state index is 13.1. The second-order valence-corrected chi connectivity index (χ2v) is 7.24. The van der Waals surface area contributed by atoms with Crippen LogP contribution in [-0.2, 0) is 16.1 Å². The van der Waals surface area contributed by atoms with Gasteiger partial charge in [0.15, 0.2) is 11.5 Å². The van der Waals surface area contributed by atoms with E-state index in [4.69, 9.17) is 9.47 Å². The molecule has 1 aromatic carbocycles. The summed E-state index contributed by atoms with van der Waals surface area (Å²) in [5, 5.41) is 2.79. The van der Waals surface area contributed by atoms with Gasteiger partial charge in [-0.3, -0.25) is 9.59 Å². The number of rotatable bonds is 12. The van der Waals surface area contributed by atoms with Gasteiger partial charge in [0.2, 0.25) is 11.8 Å². The number of benzene rings is 1. The summed E-state index contributed by atoms with van der Waals surface area (Å²) in [7, 11) is 0. The Morgan fingerprint density at radius 2 is 1.79 bits per heavy atom. The Morgan fingerprint density at radius 1 is 1.07 bits per heavy atom. The van der Waals surface area contributed by atoms with Crippen LogP contribution < -0.4 is 14.8 Å². The van der Waals surface area contributed by atoms with Crippen molar-refractivity contribution in [2.75, 3.05) is 19.8 Å². The normalized spacial score (nSPS) is 11.8. The summed E-state index contributed by atoms with van der Waals surface area (Å²) in [6.07, 6.45) is 1.76. The highest BCUT2D eigenvalue weighted by molar-refractivity contribution is 5.87. The smallest absolute Gasteiger partial charge is 0.245 e. The second-order valence-electron chi connectivity index (χ2n) is 7.24. The first-order valence-corrected chi connectivity index (χ1v) is 10.3. The Labute approximate surface area is 169 Å². The Bertz CT molecular complexity index is 631. The molecule has 6 heteroatoms. The summed E-state index contributed by atoms with van der Waals surface area (Å²) < 4.78 is 11.5. The lowest BCUT2D eigenvalue weighted by molar-refractivity contribution is -0.137. The van der Waals surface area contributed by atoms with E-state index in [-0.39, 0.29) is 17.7 Å². The third kappa shape index (κ3) is 7.41. The van der Waals surface area contributed by atoms with Crippen LogP contribution in [-0.4, -0.2) is 42.5 Å². The molecule has 158 valence electrons. The molecule has 28 heavy (non-hydrogen) atoms. The van der Waals surface area contributed by atoms with Crippen LogP contribution in [0.1, 0.15) is 59.9 Å². The lowest BCUT2D eigenvalue weighted by Crippen LogP contribution is -2.50. The van der Waals surface area contributed by atoms with Gasteiger partial charge in [-0.1, -0.05) is 33.8 Å². The molecule has 0 saturated heterocycles. The molecule has 1 N–H and O–H groups in total. The van der Waals surface area contributed by atoms with Gasteiger partial charge in [-0.2, -0.15) is 0 Å². The molecule has 0 spiro atoms. The van der Waals surface area contributed by atoms with Crippen molar-refractivity contribution in [3.8, 4) is 11.5 Å². The van der Waals surface area contributed by atoms with Gasteiger partial charge in [-0.15, -0.1) is 0 Å². The summed E-state index contributed by atoms with van der Waals surface area (Å²) in [5.41, 5.74) is 0.972. The minimum Gasteiger partial charge on any atom is -0.490 e. The minimum absolute atomic E-state index is 0.0135. The van der Waals surface area contributed by atoms with E-state index >= 15 is 0 Å². The van der Waals surface area contributed by atoms with Crippen molar-refractivity contribution >= 4 is 11.8 Å². The monoisotopic (exact) mass is 392 g/mol. The predicted molar refractivity (Wildman–Crippen MR) is 112 cm³/mol. The van der Waals surface area contributed by atoms with Crippen molar-refractivity contribution in [1.82, 2.24) is 10.2 Å². The Morgan fingerprint density at radius 3 is 2.32 bits per heavy atom. The molecule has 0 aromatic heterocycles. The highest BCUT2D eigenvalue weighted by atomic mass is 16.5. The fourth-order valence-electron chi connectivity index (χ4n) is 2.94. The molecule has 0 radical (unpaired) electrons. The van der Waals surface area contributed by atoms with Crippen molar-refractivity contribution < 1.29 is 19.1 Å². The lowest BCUT2D eigenvalue weighted by Gasteiger charge is -2.29. The molecular formula is C22H36N2O4. The largest absolute Gasteiger partial charge is 0.490 e. The summed E-state index contributed by atoms with van der Waals surface area (Å²) in [6, 6.07) is 5.28. The summed E-state index contributed by atoms with van der Waals surface area (Å²) in [6.45, 7) is 13.6. The van der Waals surface area contributed by atoms with Crippen molar-refractivity contribution in [1.29, 1.82) is 0 Å². The maximum atomic E-state index is 13.1. The molecular weight excluding hydrogens is 356 g/mol. The first kappa shape index (κ1) is 23.8. The fraction of sp³-hybridized carbons (Fsp3) is 0.636. The van der Waals surface area contributed by atoms with Crippen LogP contribution in [0.3, 0.4) is 0 Å². The molecule has 1 rings (SSSR count). The summed E-state index contributed by atoms with van der Waals surface area (Å²) in [4.78, 5) is 26.4. The number of hydrogen-bond acceptors (Lipinski definition) is 4. The van der Waals surface area contributed by atoms with Crippen molar-refractivity contribution in [2.45, 2.75) is 67.0 Å². The SMILES string of the molecule is CCCOc1ccc(CN(CCC)C(=O)C(NC(C)=O)C(C)C)cc1OCC. The van der Waals surface area contributed by atoms with Crippen LogP contribution in [0.2, 0.25) is 0 Å². The van der Waals surface area contributed by atoms with Crippen LogP contribution in [0, 0.1) is 5.92 Å². The second kappa shape index (κ2) is 12.3. The number of ether oxygens (including phenoxy) is 2. The van der Waals surface area contributed by atoms with Crippen molar-refractivity contribution in [2.24, 2.45) is 5.92 Å². The molecule has 0 saturated carbocycles. The van der Waals surface area contributed by atoms with Crippen LogP contribution in [0.5, 0.6) is 11.5 Å². The van der Waals surface area contributed by atoms with Gasteiger partial charge in [0.05, 0.1) is 13.2 Å². The molecule has 0 aliphatic carbocycles. The van der Waals surface area contributed by atoms with E-state index in [0.717, 1.165) is 24.2 Å². The standard InChI is InChI=1S/C22H36N2O4/c1-7-12-24(22(26)21(16(4)5)23-17(6)25)15-18-10-11-19(28-13-8-2)20(14-18)27-9-3/h10-11,14,16,21H,7-9,12-13,15H2,1-6H3,(H,23,25). The third-order valence-corrected chi connectivity index (χ3v) is 4.24. The molecule has 0 fully saturated rings. The van der Waals surface area contributed by atoms with Crippen molar-refractivity contribution in [3.05, 3.63) is 23.8 Å². The number of nitrogens with zero attached hydrogens (tertiary/aromatic N) is 1. The zero-order valence-corrected chi connectivity index (χ0v) is 18.2. The molecule has 1 unspecified atom stereocenters. The number of amides is 2. The highest BCUT2D eigenvalue weighted by Gasteiger charge is 2.27. The van der Waals surface area contributed by atoms with E-state index < -0.39 is 6.04 Å². The molecule has 0 bridgehead atoms. The quantitative estimate of drug-likeness (QED) is 0.588. The van der Waals surface area contributed by atoms with Crippen LogP contribution >= 0.6 is 0 Å². The average molecular weight is 393 g/mol. The zero-order valence-electron chi connectivity index (χ0n) is 18.2. The Balaban J connectivity index is 3.05. The van der Waals surface area contributed by atoms with Crippen LogP contribution in [0.25, 0.3) is 0 Å². The van der Waals surface area contributed by atoms with E-state index in [0.29, 0.717) is 32.1 Å². The van der Waals surface area contributed by atoms with E-state index in [2.05, 4.69) is 12.2 Å². The number of nitrogens with one attached hydrogen (secondary N) is 1. The Hall–Kier alpha value is -2.24. The van der Waals surface area contributed by atoms with Gasteiger partial charge in [0.25, 0.3) is 0 Å². The topological polar surface area (TPSA) is 67.9 Å². The number of carbonyl (C=O) groups is 2. The molecule has 1 atom stereocenters. The Kier molecular flexibility index (Phi) is 10.4. The molecule has 2 amide bonds. The van der Waals surface area contributed by atoms with E-state index in [1.54, 1.807) is 4.90 Å². The predicted octanol–water partition coefficient (Wildman–Crippen LogP) is 3.77. The molecule has 0 aliphatic heterocycles. The van der Waals surface area contributed by atoms with Crippen LogP contribution in [0.4, 0.5) is 0 Å². The highest BCUT2D eigenvalue weighted by Crippen LogP contribution is 2.29. The summed E-state index contributed by atoms with van der Waals surface area (Å²) >= 11 is 0. The maximum Gasteiger partial charge on any atom is 0.245 e. The lowest BCUT2D eigenvalue weighted by atomic mass is 10.0. The first-order chi connectivity index (χ1) is 13.3. The average Bonchev–Trinajstić information content (AvgIpc) is 2.64. The van der Waals surface area contributed by atoms with E-state index in [1.165, 1.54) is 6.92 Å². The van der Waals surface area contributed by atoms with Gasteiger partial charge in [-0.25, -0.2) is 0 Å². The zero-order chi connectivity index (χ0) is 21.1. The third-order valence-electron chi connectivity index (χ3n) is 4.24. The fourth-order valence-corrected chi connectivity index (χ4v) is 2.94. The molecule has 0 heterocycles. The van der Waals surface area contributed by atoms with Gasteiger partial charge in [-0.05, 0) is 43.4 Å². The van der Waals surface area contributed by atoms with Gasteiger partial charge >= 0.3 is 0 Å². The van der Waals surface area contributed by atoms with E-state index in [1.807, 2.05) is 45.9 Å². The number of hydrogen-bond donors (Lipinski definition) is 1. The summed E-state index contributed by atoms with van der Waals surface area (Å²) in [5.74, 6) is 1.18.